The van der Waals surface area contributed by atoms with Gasteiger partial charge in [0.15, 0.2) is 0 Å². The highest BCUT2D eigenvalue weighted by atomic mass is 16.5. The molecule has 1 N–H and O–H groups in total. The minimum Gasteiger partial charge on any atom is -0.465 e. The van der Waals surface area contributed by atoms with Gasteiger partial charge in [-0.15, -0.1) is 0 Å². The van der Waals surface area contributed by atoms with E-state index >= 15 is 0 Å². The number of carbonyl (C=O) groups excluding carboxylic acids is 1. The van der Waals surface area contributed by atoms with E-state index in [0.29, 0.717) is 12.1 Å². The molecular formula is C14H16N2O3. The molecule has 0 saturated heterocycles. The van der Waals surface area contributed by atoms with Crippen molar-refractivity contribution in [3.8, 4) is 0 Å². The lowest BCUT2D eigenvalue weighted by atomic mass is 10.2. The highest BCUT2D eigenvalue weighted by Gasteiger charge is 2.06. The number of hydrogen-bond acceptors (Lipinski definition) is 4. The summed E-state index contributed by atoms with van der Waals surface area (Å²) in [6.07, 6.45) is 4.79. The van der Waals surface area contributed by atoms with E-state index < -0.39 is 12.1 Å². The van der Waals surface area contributed by atoms with Crippen molar-refractivity contribution in [3.05, 3.63) is 53.6 Å². The zero-order valence-electron chi connectivity index (χ0n) is 10.9. The highest BCUT2D eigenvalue weighted by molar-refractivity contribution is 5.88. The Morgan fingerprint density at radius 1 is 1.47 bits per heavy atom. The van der Waals surface area contributed by atoms with Crippen LogP contribution >= 0.6 is 0 Å². The Bertz CT molecular complexity index is 558. The average molecular weight is 260 g/mol. The number of esters is 1. The summed E-state index contributed by atoms with van der Waals surface area (Å²) in [5.74, 6) is -0.392. The Hall–Kier alpha value is -2.14. The summed E-state index contributed by atoms with van der Waals surface area (Å²) in [5.41, 5.74) is 2.13. The molecule has 1 unspecified atom stereocenters. The Kier molecular flexibility index (Phi) is 3.97. The smallest absolute Gasteiger partial charge is 0.339 e. The number of pyridine rings is 1. The maximum absolute atomic E-state index is 11.3. The van der Waals surface area contributed by atoms with Gasteiger partial charge in [-0.25, -0.2) is 4.79 Å². The maximum atomic E-state index is 11.3. The van der Waals surface area contributed by atoms with Crippen molar-refractivity contribution in [1.29, 1.82) is 0 Å². The van der Waals surface area contributed by atoms with Gasteiger partial charge in [0, 0.05) is 18.6 Å². The summed E-state index contributed by atoms with van der Waals surface area (Å²) < 4.78 is 6.54. The number of rotatable bonds is 4. The van der Waals surface area contributed by atoms with Crippen LogP contribution in [0.15, 0.2) is 36.8 Å². The second-order valence-corrected chi connectivity index (χ2v) is 4.32. The van der Waals surface area contributed by atoms with Crippen LogP contribution in [0.25, 0.3) is 0 Å². The normalized spacial score (nSPS) is 12.2. The standard InChI is InChI=1S/C14H16N2O3/c1-10(17)12-5-6-16(8-12)9-13-4-3-11(7-15-13)14(18)19-2/h3-8,10,17H,9H2,1-2H3. The van der Waals surface area contributed by atoms with E-state index in [-0.39, 0.29) is 0 Å². The van der Waals surface area contributed by atoms with Crippen molar-refractivity contribution >= 4 is 5.97 Å². The molecule has 1 atom stereocenters. The summed E-state index contributed by atoms with van der Waals surface area (Å²) in [7, 11) is 1.34. The Morgan fingerprint density at radius 2 is 2.26 bits per heavy atom. The molecule has 0 bridgehead atoms. The SMILES string of the molecule is COC(=O)c1ccc(Cn2ccc(C(C)O)c2)nc1. The van der Waals surface area contributed by atoms with E-state index in [1.807, 2.05) is 23.0 Å². The third-order valence-corrected chi connectivity index (χ3v) is 2.85. The molecule has 0 saturated carbocycles. The highest BCUT2D eigenvalue weighted by Crippen LogP contribution is 2.13. The van der Waals surface area contributed by atoms with E-state index in [1.165, 1.54) is 13.3 Å². The maximum Gasteiger partial charge on any atom is 0.339 e. The quantitative estimate of drug-likeness (QED) is 0.851. The van der Waals surface area contributed by atoms with Crippen molar-refractivity contribution in [2.45, 2.75) is 19.6 Å². The van der Waals surface area contributed by atoms with Crippen molar-refractivity contribution in [1.82, 2.24) is 9.55 Å². The lowest BCUT2D eigenvalue weighted by molar-refractivity contribution is 0.0600. The van der Waals surface area contributed by atoms with Gasteiger partial charge in [0.05, 0.1) is 31.0 Å². The minimum absolute atomic E-state index is 0.392. The van der Waals surface area contributed by atoms with Gasteiger partial charge in [-0.1, -0.05) is 0 Å². The number of hydrogen-bond donors (Lipinski definition) is 1. The Morgan fingerprint density at radius 3 is 2.79 bits per heavy atom. The van der Waals surface area contributed by atoms with Crippen LogP contribution < -0.4 is 0 Å². The summed E-state index contributed by atoms with van der Waals surface area (Å²) in [6.45, 7) is 2.32. The molecule has 0 fully saturated rings. The summed E-state index contributed by atoms with van der Waals surface area (Å²) in [4.78, 5) is 15.5. The fourth-order valence-corrected chi connectivity index (χ4v) is 1.75. The molecule has 5 heteroatoms. The van der Waals surface area contributed by atoms with Crippen molar-refractivity contribution < 1.29 is 14.6 Å². The molecule has 2 heterocycles. The van der Waals surface area contributed by atoms with Crippen LogP contribution in [-0.4, -0.2) is 27.7 Å². The molecule has 0 aliphatic heterocycles. The zero-order valence-corrected chi connectivity index (χ0v) is 10.9. The number of nitrogens with zero attached hydrogens (tertiary/aromatic N) is 2. The molecule has 5 nitrogen and oxygen atoms in total. The number of aliphatic hydroxyl groups is 1. The van der Waals surface area contributed by atoms with Gasteiger partial charge in [0.2, 0.25) is 0 Å². The second kappa shape index (κ2) is 5.67. The van der Waals surface area contributed by atoms with E-state index in [4.69, 9.17) is 0 Å². The van der Waals surface area contributed by atoms with Crippen LogP contribution in [0.2, 0.25) is 0 Å². The first-order valence-electron chi connectivity index (χ1n) is 5.97. The summed E-state index contributed by atoms with van der Waals surface area (Å²) in [5, 5.41) is 9.45. The van der Waals surface area contributed by atoms with Crippen molar-refractivity contribution in [2.24, 2.45) is 0 Å². The third-order valence-electron chi connectivity index (χ3n) is 2.85. The predicted molar refractivity (Wildman–Crippen MR) is 69.7 cm³/mol. The molecule has 19 heavy (non-hydrogen) atoms. The first kappa shape index (κ1) is 13.3. The Balaban J connectivity index is 2.08. The molecule has 0 aliphatic rings. The van der Waals surface area contributed by atoms with E-state index in [9.17, 15) is 9.90 Å². The van der Waals surface area contributed by atoms with E-state index in [2.05, 4.69) is 9.72 Å². The van der Waals surface area contributed by atoms with E-state index in [0.717, 1.165) is 11.3 Å². The summed E-state index contributed by atoms with van der Waals surface area (Å²) >= 11 is 0. The monoisotopic (exact) mass is 260 g/mol. The fraction of sp³-hybridized carbons (Fsp3) is 0.286. The first-order chi connectivity index (χ1) is 9.10. The van der Waals surface area contributed by atoms with Gasteiger partial charge in [0.1, 0.15) is 0 Å². The largest absolute Gasteiger partial charge is 0.465 e. The first-order valence-corrected chi connectivity index (χ1v) is 5.97. The number of aromatic nitrogens is 2. The summed E-state index contributed by atoms with van der Waals surface area (Å²) in [6, 6.07) is 5.34. The molecule has 0 radical (unpaired) electrons. The van der Waals surface area contributed by atoms with Gasteiger partial charge in [-0.2, -0.15) is 0 Å². The number of carbonyl (C=O) groups is 1. The Labute approximate surface area is 111 Å². The van der Waals surface area contributed by atoms with Crippen LogP contribution in [0.5, 0.6) is 0 Å². The fourth-order valence-electron chi connectivity index (χ4n) is 1.75. The van der Waals surface area contributed by atoms with Gasteiger partial charge in [-0.3, -0.25) is 4.98 Å². The van der Waals surface area contributed by atoms with Gasteiger partial charge < -0.3 is 14.4 Å². The van der Waals surface area contributed by atoms with Crippen LogP contribution in [0.1, 0.15) is 34.6 Å². The van der Waals surface area contributed by atoms with Crippen molar-refractivity contribution in [2.75, 3.05) is 7.11 Å². The minimum atomic E-state index is -0.476. The molecule has 2 rings (SSSR count). The van der Waals surface area contributed by atoms with Crippen LogP contribution in [0.4, 0.5) is 0 Å². The molecule has 0 spiro atoms. The zero-order chi connectivity index (χ0) is 13.8. The molecular weight excluding hydrogens is 244 g/mol. The van der Waals surface area contributed by atoms with E-state index in [1.54, 1.807) is 19.1 Å². The van der Waals surface area contributed by atoms with Crippen LogP contribution in [-0.2, 0) is 11.3 Å². The third kappa shape index (κ3) is 3.20. The van der Waals surface area contributed by atoms with Crippen LogP contribution in [0, 0.1) is 0 Å². The average Bonchev–Trinajstić information content (AvgIpc) is 2.87. The topological polar surface area (TPSA) is 64.3 Å². The number of aliphatic hydroxyl groups excluding tert-OH is 1. The second-order valence-electron chi connectivity index (χ2n) is 4.32. The predicted octanol–water partition coefficient (Wildman–Crippen LogP) is 1.77. The molecule has 0 aliphatic carbocycles. The lowest BCUT2D eigenvalue weighted by Gasteiger charge is -2.04. The molecule has 100 valence electrons. The number of ether oxygens (including phenoxy) is 1. The van der Waals surface area contributed by atoms with Gasteiger partial charge in [0.25, 0.3) is 0 Å². The molecule has 2 aromatic rings. The van der Waals surface area contributed by atoms with Gasteiger partial charge in [-0.05, 0) is 30.7 Å². The van der Waals surface area contributed by atoms with Gasteiger partial charge >= 0.3 is 5.97 Å². The molecule has 2 aromatic heterocycles. The lowest BCUT2D eigenvalue weighted by Crippen LogP contribution is -2.04. The number of methoxy groups -OCH3 is 1. The van der Waals surface area contributed by atoms with Crippen molar-refractivity contribution in [3.63, 3.8) is 0 Å². The molecule has 0 amide bonds. The van der Waals surface area contributed by atoms with Crippen LogP contribution in [0.3, 0.4) is 0 Å². The molecule has 0 aromatic carbocycles.